The van der Waals surface area contributed by atoms with Gasteiger partial charge in [-0.25, -0.2) is 5.43 Å². The molecule has 4 heteroatoms. The molecule has 0 aromatic heterocycles. The van der Waals surface area contributed by atoms with Crippen molar-refractivity contribution in [3.8, 4) is 0 Å². The Labute approximate surface area is 73.3 Å². The van der Waals surface area contributed by atoms with Crippen LogP contribution in [0.4, 0.5) is 0 Å². The standard InChI is InChI=1S/C8H18N2O2/c1-3-5-7-8(11,6-4-2)9-10-12/h11H,3-7H2,1-2H3,(H,9,12). The maximum Gasteiger partial charge on any atom is 0.153 e. The molecular weight excluding hydrogens is 156 g/mol. The van der Waals surface area contributed by atoms with E-state index in [-0.39, 0.29) is 0 Å². The second-order valence-corrected chi connectivity index (χ2v) is 3.09. The molecule has 12 heavy (non-hydrogen) atoms. The van der Waals surface area contributed by atoms with Gasteiger partial charge in [0.2, 0.25) is 0 Å². The summed E-state index contributed by atoms with van der Waals surface area (Å²) in [5, 5.41) is 12.3. The molecule has 72 valence electrons. The van der Waals surface area contributed by atoms with Crippen molar-refractivity contribution in [2.75, 3.05) is 0 Å². The van der Waals surface area contributed by atoms with Crippen molar-refractivity contribution < 1.29 is 5.11 Å². The minimum absolute atomic E-state index is 0.568. The molecule has 1 unspecified atom stereocenters. The summed E-state index contributed by atoms with van der Waals surface area (Å²) >= 11 is 0. The number of hydrogen-bond donors (Lipinski definition) is 2. The van der Waals surface area contributed by atoms with Crippen molar-refractivity contribution in [3.05, 3.63) is 4.91 Å². The zero-order chi connectivity index (χ0) is 9.45. The van der Waals surface area contributed by atoms with E-state index in [1.807, 2.05) is 13.8 Å². The number of rotatable bonds is 7. The predicted molar refractivity (Wildman–Crippen MR) is 48.3 cm³/mol. The van der Waals surface area contributed by atoms with Crippen LogP contribution in [0, 0.1) is 4.91 Å². The molecule has 1 atom stereocenters. The van der Waals surface area contributed by atoms with Gasteiger partial charge in [0.25, 0.3) is 0 Å². The van der Waals surface area contributed by atoms with Crippen molar-refractivity contribution in [1.82, 2.24) is 5.43 Å². The Bertz CT molecular complexity index is 130. The minimum Gasteiger partial charge on any atom is -0.370 e. The van der Waals surface area contributed by atoms with Crippen molar-refractivity contribution in [3.63, 3.8) is 0 Å². The van der Waals surface area contributed by atoms with E-state index in [1.54, 1.807) is 0 Å². The van der Waals surface area contributed by atoms with E-state index in [0.29, 0.717) is 12.8 Å². The lowest BCUT2D eigenvalue weighted by atomic mass is 10.0. The maximum absolute atomic E-state index is 9.94. The molecule has 0 spiro atoms. The Morgan fingerprint density at radius 3 is 2.42 bits per heavy atom. The zero-order valence-corrected chi connectivity index (χ0v) is 7.84. The van der Waals surface area contributed by atoms with Crippen LogP contribution in [0.2, 0.25) is 0 Å². The topological polar surface area (TPSA) is 61.7 Å². The third-order valence-corrected chi connectivity index (χ3v) is 1.86. The lowest BCUT2D eigenvalue weighted by Gasteiger charge is -2.25. The highest BCUT2D eigenvalue weighted by atomic mass is 16.3. The SMILES string of the molecule is CCCCC(O)(CCC)NN=O. The molecule has 0 radical (unpaired) electrons. The molecule has 0 aliphatic carbocycles. The van der Waals surface area contributed by atoms with E-state index in [0.717, 1.165) is 19.3 Å². The molecule has 0 bridgehead atoms. The van der Waals surface area contributed by atoms with Crippen molar-refractivity contribution in [2.24, 2.45) is 5.29 Å². The monoisotopic (exact) mass is 174 g/mol. The molecule has 0 fully saturated rings. The van der Waals surface area contributed by atoms with E-state index in [9.17, 15) is 10.0 Å². The van der Waals surface area contributed by atoms with Gasteiger partial charge >= 0.3 is 0 Å². The largest absolute Gasteiger partial charge is 0.370 e. The van der Waals surface area contributed by atoms with Gasteiger partial charge in [-0.15, -0.1) is 4.91 Å². The first-order chi connectivity index (χ1) is 5.68. The first-order valence-corrected chi connectivity index (χ1v) is 4.50. The van der Waals surface area contributed by atoms with E-state index in [2.05, 4.69) is 10.7 Å². The normalized spacial score (nSPS) is 15.2. The summed E-state index contributed by atoms with van der Waals surface area (Å²) in [6, 6.07) is 0. The van der Waals surface area contributed by atoms with Crippen LogP contribution in [0.1, 0.15) is 46.0 Å². The summed E-state index contributed by atoms with van der Waals surface area (Å²) in [7, 11) is 0. The second-order valence-electron chi connectivity index (χ2n) is 3.09. The Balaban J connectivity index is 3.88. The first kappa shape index (κ1) is 11.4. The van der Waals surface area contributed by atoms with E-state index >= 15 is 0 Å². The minimum atomic E-state index is -1.08. The highest BCUT2D eigenvalue weighted by Crippen LogP contribution is 2.17. The van der Waals surface area contributed by atoms with Gasteiger partial charge in [0.15, 0.2) is 5.72 Å². The summed E-state index contributed by atoms with van der Waals surface area (Å²) in [6.45, 7) is 4.00. The van der Waals surface area contributed by atoms with Crippen LogP contribution in [0.25, 0.3) is 0 Å². The van der Waals surface area contributed by atoms with Crippen molar-refractivity contribution in [2.45, 2.75) is 51.7 Å². The molecule has 4 nitrogen and oxygen atoms in total. The number of nitrogens with one attached hydrogen (secondary N) is 1. The summed E-state index contributed by atoms with van der Waals surface area (Å²) in [5.74, 6) is 0. The molecular formula is C8H18N2O2. The Morgan fingerprint density at radius 1 is 1.33 bits per heavy atom. The Morgan fingerprint density at radius 2 is 2.00 bits per heavy atom. The summed E-state index contributed by atoms with van der Waals surface area (Å²) in [4.78, 5) is 9.94. The third-order valence-electron chi connectivity index (χ3n) is 1.86. The van der Waals surface area contributed by atoms with Gasteiger partial charge in [-0.3, -0.25) is 0 Å². The van der Waals surface area contributed by atoms with Gasteiger partial charge in [-0.2, -0.15) is 0 Å². The highest BCUT2D eigenvalue weighted by molar-refractivity contribution is 4.72. The average molecular weight is 174 g/mol. The number of aliphatic hydroxyl groups is 1. The van der Waals surface area contributed by atoms with Gasteiger partial charge in [-0.05, 0) is 19.3 Å². The third kappa shape index (κ3) is 4.28. The van der Waals surface area contributed by atoms with Crippen molar-refractivity contribution >= 4 is 0 Å². The number of nitroso groups, excluding NO2 is 1. The summed E-state index contributed by atoms with van der Waals surface area (Å²) in [6.07, 6.45) is 3.90. The number of nitrogens with zero attached hydrogens (tertiary/aromatic N) is 1. The van der Waals surface area contributed by atoms with Crippen LogP contribution >= 0.6 is 0 Å². The van der Waals surface area contributed by atoms with Crippen LogP contribution in [-0.4, -0.2) is 10.8 Å². The quantitative estimate of drug-likeness (QED) is 0.352. The lowest BCUT2D eigenvalue weighted by Crippen LogP contribution is -2.41. The van der Waals surface area contributed by atoms with Gasteiger partial charge in [0, 0.05) is 0 Å². The molecule has 0 saturated carbocycles. The summed E-state index contributed by atoms with van der Waals surface area (Å²) in [5.41, 5.74) is 1.14. The van der Waals surface area contributed by atoms with Gasteiger partial charge in [0.05, 0.1) is 5.29 Å². The number of hydrogen-bond acceptors (Lipinski definition) is 3. The van der Waals surface area contributed by atoms with Gasteiger partial charge < -0.3 is 5.11 Å². The molecule has 0 aliphatic rings. The smallest absolute Gasteiger partial charge is 0.153 e. The summed E-state index contributed by atoms with van der Waals surface area (Å²) < 4.78 is 0. The molecule has 0 aromatic carbocycles. The fraction of sp³-hybridized carbons (Fsp3) is 1.00. The molecule has 0 amide bonds. The highest BCUT2D eigenvalue weighted by Gasteiger charge is 2.24. The fourth-order valence-electron chi connectivity index (χ4n) is 1.20. The van der Waals surface area contributed by atoms with Crippen LogP contribution in [0.5, 0.6) is 0 Å². The van der Waals surface area contributed by atoms with Gasteiger partial charge in [-0.1, -0.05) is 26.7 Å². The molecule has 0 rings (SSSR count). The van der Waals surface area contributed by atoms with E-state index in [4.69, 9.17) is 0 Å². The Kier molecular flexibility index (Phi) is 5.62. The van der Waals surface area contributed by atoms with Crippen LogP contribution in [0.3, 0.4) is 0 Å². The molecule has 0 aliphatic heterocycles. The van der Waals surface area contributed by atoms with E-state index in [1.165, 1.54) is 0 Å². The first-order valence-electron chi connectivity index (χ1n) is 4.50. The molecule has 0 saturated heterocycles. The zero-order valence-electron chi connectivity index (χ0n) is 7.84. The predicted octanol–water partition coefficient (Wildman–Crippen LogP) is 1.94. The second kappa shape index (κ2) is 5.94. The lowest BCUT2D eigenvalue weighted by molar-refractivity contribution is -0.0132. The molecule has 0 heterocycles. The molecule has 0 aromatic rings. The fourth-order valence-corrected chi connectivity index (χ4v) is 1.20. The molecule has 2 N–H and O–H groups in total. The van der Waals surface area contributed by atoms with Crippen LogP contribution in [0.15, 0.2) is 5.29 Å². The number of unbranched alkanes of at least 4 members (excludes halogenated alkanes) is 1. The maximum atomic E-state index is 9.94. The van der Waals surface area contributed by atoms with Gasteiger partial charge in [0.1, 0.15) is 0 Å². The van der Waals surface area contributed by atoms with Crippen LogP contribution in [-0.2, 0) is 0 Å². The van der Waals surface area contributed by atoms with Crippen molar-refractivity contribution in [1.29, 1.82) is 0 Å². The van der Waals surface area contributed by atoms with Crippen LogP contribution < -0.4 is 5.43 Å². The Hall–Kier alpha value is -0.640. The average Bonchev–Trinajstić information content (AvgIpc) is 2.02. The van der Waals surface area contributed by atoms with E-state index < -0.39 is 5.72 Å².